The molecule has 0 atom stereocenters. The van der Waals surface area contributed by atoms with Gasteiger partial charge < -0.3 is 5.11 Å². The lowest BCUT2D eigenvalue weighted by molar-refractivity contribution is 0.437. The van der Waals surface area contributed by atoms with Crippen molar-refractivity contribution < 1.29 is 5.11 Å². The van der Waals surface area contributed by atoms with Crippen LogP contribution in [0.25, 0.3) is 0 Å². The third kappa shape index (κ3) is 2.09. The quantitative estimate of drug-likeness (QED) is 0.717. The second-order valence-electron chi connectivity index (χ2n) is 5.15. The van der Waals surface area contributed by atoms with Crippen molar-refractivity contribution in [2.75, 3.05) is 0 Å². The summed E-state index contributed by atoms with van der Waals surface area (Å²) < 4.78 is 0. The lowest BCUT2D eigenvalue weighted by Crippen LogP contribution is -2.12. The van der Waals surface area contributed by atoms with E-state index >= 15 is 0 Å². The molecule has 1 nitrogen and oxygen atoms in total. The fourth-order valence-corrected chi connectivity index (χ4v) is 1.63. The highest BCUT2D eigenvalue weighted by Crippen LogP contribution is 2.35. The Hall–Kier alpha value is -0.980. The van der Waals surface area contributed by atoms with Crippen LogP contribution in [0.1, 0.15) is 51.7 Å². The lowest BCUT2D eigenvalue weighted by Gasteiger charge is -2.22. The SMILES string of the molecule is CC(C)c1cccc(C(C)(C)C)c1O. The Morgan fingerprint density at radius 2 is 1.71 bits per heavy atom. The van der Waals surface area contributed by atoms with Gasteiger partial charge in [0.2, 0.25) is 0 Å². The molecule has 0 spiro atoms. The molecule has 78 valence electrons. The predicted octanol–water partition coefficient (Wildman–Crippen LogP) is 3.81. The van der Waals surface area contributed by atoms with Crippen LogP contribution in [-0.2, 0) is 5.41 Å². The standard InChI is InChI=1S/C13H20O/c1-9(2)10-7-6-8-11(12(10)14)13(3,4)5/h6-9,14H,1-5H3. The molecule has 0 bridgehead atoms. The molecule has 0 heterocycles. The highest BCUT2D eigenvalue weighted by Gasteiger charge is 2.20. The van der Waals surface area contributed by atoms with Gasteiger partial charge in [-0.05, 0) is 22.5 Å². The largest absolute Gasteiger partial charge is 0.507 e. The van der Waals surface area contributed by atoms with Gasteiger partial charge in [-0.25, -0.2) is 0 Å². The second-order valence-corrected chi connectivity index (χ2v) is 5.15. The molecule has 0 aliphatic rings. The minimum absolute atomic E-state index is 0.00891. The molecule has 0 saturated carbocycles. The summed E-state index contributed by atoms with van der Waals surface area (Å²) in [5, 5.41) is 10.1. The lowest BCUT2D eigenvalue weighted by atomic mass is 9.84. The first-order valence-electron chi connectivity index (χ1n) is 5.16. The molecule has 0 amide bonds. The van der Waals surface area contributed by atoms with E-state index in [2.05, 4.69) is 34.6 Å². The molecular weight excluding hydrogens is 172 g/mol. The number of benzene rings is 1. The highest BCUT2D eigenvalue weighted by molar-refractivity contribution is 5.45. The van der Waals surface area contributed by atoms with Crippen molar-refractivity contribution in [3.05, 3.63) is 29.3 Å². The van der Waals surface area contributed by atoms with E-state index in [1.165, 1.54) is 0 Å². The summed E-state index contributed by atoms with van der Waals surface area (Å²) in [6, 6.07) is 6.02. The van der Waals surface area contributed by atoms with E-state index in [9.17, 15) is 5.11 Å². The van der Waals surface area contributed by atoms with E-state index in [0.717, 1.165) is 11.1 Å². The minimum atomic E-state index is 0.00891. The fraction of sp³-hybridized carbons (Fsp3) is 0.538. The summed E-state index contributed by atoms with van der Waals surface area (Å²) in [5.74, 6) is 0.840. The van der Waals surface area contributed by atoms with Crippen molar-refractivity contribution in [3.63, 3.8) is 0 Å². The predicted molar refractivity (Wildman–Crippen MR) is 60.9 cm³/mol. The molecular formula is C13H20O. The number of phenolic OH excluding ortho intramolecular Hbond substituents is 1. The zero-order valence-corrected chi connectivity index (χ0v) is 9.76. The van der Waals surface area contributed by atoms with Crippen LogP contribution >= 0.6 is 0 Å². The Morgan fingerprint density at radius 3 is 2.14 bits per heavy atom. The van der Waals surface area contributed by atoms with Gasteiger partial charge in [0, 0.05) is 0 Å². The maximum Gasteiger partial charge on any atom is 0.122 e. The van der Waals surface area contributed by atoms with E-state index in [-0.39, 0.29) is 5.41 Å². The monoisotopic (exact) mass is 192 g/mol. The highest BCUT2D eigenvalue weighted by atomic mass is 16.3. The molecule has 0 aliphatic carbocycles. The van der Waals surface area contributed by atoms with Crippen LogP contribution in [0.4, 0.5) is 0 Å². The summed E-state index contributed by atoms with van der Waals surface area (Å²) in [6.07, 6.45) is 0. The van der Waals surface area contributed by atoms with Crippen molar-refractivity contribution in [3.8, 4) is 5.75 Å². The van der Waals surface area contributed by atoms with Crippen LogP contribution in [0.15, 0.2) is 18.2 Å². The third-order valence-corrected chi connectivity index (χ3v) is 2.50. The van der Waals surface area contributed by atoms with E-state index in [4.69, 9.17) is 0 Å². The van der Waals surface area contributed by atoms with E-state index in [1.807, 2.05) is 18.2 Å². The first kappa shape index (κ1) is 11.1. The Balaban J connectivity index is 3.28. The van der Waals surface area contributed by atoms with Gasteiger partial charge in [0.15, 0.2) is 0 Å². The average molecular weight is 192 g/mol. The Kier molecular flexibility index (Phi) is 2.89. The Morgan fingerprint density at radius 1 is 1.14 bits per heavy atom. The van der Waals surface area contributed by atoms with Gasteiger partial charge in [-0.2, -0.15) is 0 Å². The summed E-state index contributed by atoms with van der Waals surface area (Å²) in [6.45, 7) is 10.5. The van der Waals surface area contributed by atoms with Crippen LogP contribution in [-0.4, -0.2) is 5.11 Å². The van der Waals surface area contributed by atoms with Gasteiger partial charge >= 0.3 is 0 Å². The minimum Gasteiger partial charge on any atom is -0.507 e. The van der Waals surface area contributed by atoms with Crippen LogP contribution < -0.4 is 0 Å². The zero-order chi connectivity index (χ0) is 10.9. The smallest absolute Gasteiger partial charge is 0.122 e. The molecule has 1 N–H and O–H groups in total. The van der Waals surface area contributed by atoms with Gasteiger partial charge in [0.25, 0.3) is 0 Å². The molecule has 14 heavy (non-hydrogen) atoms. The number of hydrogen-bond acceptors (Lipinski definition) is 1. The molecule has 1 heteroatoms. The summed E-state index contributed by atoms with van der Waals surface area (Å²) in [7, 11) is 0. The molecule has 0 unspecified atom stereocenters. The van der Waals surface area contributed by atoms with Crippen molar-refractivity contribution >= 4 is 0 Å². The Bertz CT molecular complexity index is 318. The van der Waals surface area contributed by atoms with E-state index < -0.39 is 0 Å². The molecule has 1 rings (SSSR count). The van der Waals surface area contributed by atoms with Crippen molar-refractivity contribution in [2.45, 2.75) is 46.0 Å². The third-order valence-electron chi connectivity index (χ3n) is 2.50. The first-order chi connectivity index (χ1) is 6.34. The van der Waals surface area contributed by atoms with E-state index in [1.54, 1.807) is 0 Å². The zero-order valence-electron chi connectivity index (χ0n) is 9.76. The van der Waals surface area contributed by atoms with Gasteiger partial charge in [-0.3, -0.25) is 0 Å². The number of phenols is 1. The van der Waals surface area contributed by atoms with Crippen LogP contribution in [0.2, 0.25) is 0 Å². The molecule has 0 fully saturated rings. The number of rotatable bonds is 1. The normalized spacial score (nSPS) is 12.1. The molecule has 0 aromatic heterocycles. The number of hydrogen-bond donors (Lipinski definition) is 1. The van der Waals surface area contributed by atoms with Crippen molar-refractivity contribution in [1.29, 1.82) is 0 Å². The fourth-order valence-electron chi connectivity index (χ4n) is 1.63. The molecule has 1 aromatic rings. The summed E-state index contributed by atoms with van der Waals surface area (Å²) in [5.41, 5.74) is 2.08. The molecule has 0 aliphatic heterocycles. The van der Waals surface area contributed by atoms with Crippen molar-refractivity contribution in [1.82, 2.24) is 0 Å². The number of aromatic hydroxyl groups is 1. The average Bonchev–Trinajstić information content (AvgIpc) is 2.01. The van der Waals surface area contributed by atoms with Crippen LogP contribution in [0.5, 0.6) is 5.75 Å². The maximum atomic E-state index is 10.1. The maximum absolute atomic E-state index is 10.1. The van der Waals surface area contributed by atoms with Crippen LogP contribution in [0, 0.1) is 0 Å². The second kappa shape index (κ2) is 3.64. The first-order valence-corrected chi connectivity index (χ1v) is 5.16. The number of para-hydroxylation sites is 1. The van der Waals surface area contributed by atoms with Gasteiger partial charge in [0.1, 0.15) is 5.75 Å². The summed E-state index contributed by atoms with van der Waals surface area (Å²) in [4.78, 5) is 0. The van der Waals surface area contributed by atoms with Crippen LogP contribution in [0.3, 0.4) is 0 Å². The van der Waals surface area contributed by atoms with Gasteiger partial charge in [-0.1, -0.05) is 52.8 Å². The topological polar surface area (TPSA) is 20.2 Å². The van der Waals surface area contributed by atoms with Crippen molar-refractivity contribution in [2.24, 2.45) is 0 Å². The molecule has 0 radical (unpaired) electrons. The van der Waals surface area contributed by atoms with Gasteiger partial charge in [-0.15, -0.1) is 0 Å². The molecule has 1 aromatic carbocycles. The Labute approximate surface area is 86.8 Å². The van der Waals surface area contributed by atoms with Gasteiger partial charge in [0.05, 0.1) is 0 Å². The van der Waals surface area contributed by atoms with E-state index in [0.29, 0.717) is 11.7 Å². The summed E-state index contributed by atoms with van der Waals surface area (Å²) >= 11 is 0. The molecule has 0 saturated heterocycles.